The van der Waals surface area contributed by atoms with E-state index in [4.69, 9.17) is 11.6 Å². The Hall–Kier alpha value is -1.52. The lowest BCUT2D eigenvalue weighted by Crippen LogP contribution is -2.31. The number of hydrogen-bond acceptors (Lipinski definition) is 2. The highest BCUT2D eigenvalue weighted by molar-refractivity contribution is 7.92. The van der Waals surface area contributed by atoms with Crippen molar-refractivity contribution in [1.29, 1.82) is 0 Å². The fourth-order valence-electron chi connectivity index (χ4n) is 2.42. The van der Waals surface area contributed by atoms with E-state index in [1.54, 1.807) is 24.3 Å². The topological polar surface area (TPSA) is 37.4 Å². The number of fused-ring (bicyclic) bond motifs is 1. The first-order valence-corrected chi connectivity index (χ1v) is 8.38. The van der Waals surface area contributed by atoms with Crippen molar-refractivity contribution in [2.24, 2.45) is 0 Å². The van der Waals surface area contributed by atoms with Crippen LogP contribution < -0.4 is 4.31 Å². The van der Waals surface area contributed by atoms with Gasteiger partial charge in [-0.25, -0.2) is 8.42 Å². The second-order valence-corrected chi connectivity index (χ2v) is 7.27. The summed E-state index contributed by atoms with van der Waals surface area (Å²) in [6.07, 6.45) is 0.558. The predicted octanol–water partition coefficient (Wildman–Crippen LogP) is 3.23. The number of hydrogen-bond donors (Lipinski definition) is 0. The van der Waals surface area contributed by atoms with Crippen molar-refractivity contribution in [2.45, 2.75) is 13.0 Å². The van der Waals surface area contributed by atoms with Crippen molar-refractivity contribution in [3.05, 3.63) is 64.7 Å². The third kappa shape index (κ3) is 2.53. The van der Waals surface area contributed by atoms with Gasteiger partial charge < -0.3 is 0 Å². The van der Waals surface area contributed by atoms with Gasteiger partial charge in [-0.05, 0) is 41.8 Å². The zero-order valence-electron chi connectivity index (χ0n) is 10.8. The molecule has 5 heteroatoms. The molecule has 1 aliphatic rings. The molecule has 0 aliphatic carbocycles. The summed E-state index contributed by atoms with van der Waals surface area (Å²) in [6, 6.07) is 14.8. The first-order chi connectivity index (χ1) is 9.56. The van der Waals surface area contributed by atoms with E-state index in [0.29, 0.717) is 23.7 Å². The number of sulfonamides is 1. The molecule has 2 aromatic rings. The summed E-state index contributed by atoms with van der Waals surface area (Å²) in [4.78, 5) is 0. The summed E-state index contributed by atoms with van der Waals surface area (Å²) in [5, 5.41) is 0.598. The van der Waals surface area contributed by atoms with Crippen LogP contribution in [-0.4, -0.2) is 14.2 Å². The van der Waals surface area contributed by atoms with Crippen molar-refractivity contribution < 1.29 is 8.42 Å². The summed E-state index contributed by atoms with van der Waals surface area (Å²) in [6.45, 7) is 0.375. The molecule has 2 aromatic carbocycles. The minimum absolute atomic E-state index is 0.132. The highest BCUT2D eigenvalue weighted by atomic mass is 35.5. The molecule has 3 rings (SSSR count). The normalized spacial score (nSPS) is 17.4. The van der Waals surface area contributed by atoms with Crippen LogP contribution in [0.1, 0.15) is 11.1 Å². The second-order valence-electron chi connectivity index (χ2n) is 4.82. The van der Waals surface area contributed by atoms with E-state index in [0.717, 1.165) is 11.1 Å². The third-order valence-electron chi connectivity index (χ3n) is 3.51. The molecular weight excluding hydrogens is 294 g/mol. The smallest absolute Gasteiger partial charge is 0.235 e. The predicted molar refractivity (Wildman–Crippen MR) is 81.6 cm³/mol. The van der Waals surface area contributed by atoms with E-state index in [1.165, 1.54) is 4.31 Å². The maximum atomic E-state index is 12.4. The van der Waals surface area contributed by atoms with Crippen LogP contribution in [0.25, 0.3) is 0 Å². The van der Waals surface area contributed by atoms with Gasteiger partial charge in [0.2, 0.25) is 10.0 Å². The van der Waals surface area contributed by atoms with Gasteiger partial charge in [0.05, 0.1) is 18.0 Å². The molecule has 0 aromatic heterocycles. The molecule has 0 atom stereocenters. The van der Waals surface area contributed by atoms with Crippen LogP contribution in [0, 0.1) is 0 Å². The molecule has 1 aliphatic heterocycles. The molecule has 0 saturated carbocycles. The van der Waals surface area contributed by atoms with Crippen LogP contribution >= 0.6 is 11.6 Å². The molecule has 0 N–H and O–H groups in total. The van der Waals surface area contributed by atoms with Crippen molar-refractivity contribution in [2.75, 3.05) is 10.1 Å². The third-order valence-corrected chi connectivity index (χ3v) is 5.50. The number of rotatable bonds is 1. The van der Waals surface area contributed by atoms with E-state index in [9.17, 15) is 8.42 Å². The van der Waals surface area contributed by atoms with E-state index in [1.807, 2.05) is 24.3 Å². The summed E-state index contributed by atoms with van der Waals surface area (Å²) in [7, 11) is -3.30. The van der Waals surface area contributed by atoms with Crippen LogP contribution in [0.5, 0.6) is 0 Å². The average molecular weight is 308 g/mol. The lowest BCUT2D eigenvalue weighted by molar-refractivity contribution is 0.591. The van der Waals surface area contributed by atoms with Gasteiger partial charge in [-0.1, -0.05) is 35.9 Å². The lowest BCUT2D eigenvalue weighted by atomic mass is 10.1. The standard InChI is InChI=1S/C15H14ClNO2S/c16-14-5-7-15(8-6-14)17-11-13-4-2-1-3-12(13)9-10-20(17,18)19/h1-8H,9-11H2. The van der Waals surface area contributed by atoms with Gasteiger partial charge in [0, 0.05) is 5.02 Å². The van der Waals surface area contributed by atoms with Gasteiger partial charge >= 0.3 is 0 Å². The van der Waals surface area contributed by atoms with Gasteiger partial charge in [0.15, 0.2) is 0 Å². The molecule has 0 unspecified atom stereocenters. The number of halogens is 1. The Morgan fingerprint density at radius 3 is 2.30 bits per heavy atom. The Kier molecular flexibility index (Phi) is 3.44. The number of nitrogens with zero attached hydrogens (tertiary/aromatic N) is 1. The molecule has 104 valence electrons. The fourth-order valence-corrected chi connectivity index (χ4v) is 4.02. The Morgan fingerprint density at radius 2 is 1.60 bits per heavy atom. The highest BCUT2D eigenvalue weighted by Gasteiger charge is 2.26. The Balaban J connectivity index is 2.06. The first kappa shape index (κ1) is 13.5. The Labute approximate surface area is 123 Å². The van der Waals surface area contributed by atoms with Gasteiger partial charge in [0.25, 0.3) is 0 Å². The number of anilines is 1. The number of benzene rings is 2. The van der Waals surface area contributed by atoms with Crippen molar-refractivity contribution in [3.63, 3.8) is 0 Å². The summed E-state index contributed by atoms with van der Waals surface area (Å²) in [5.74, 6) is 0.132. The molecular formula is C15H14ClNO2S. The SMILES string of the molecule is O=S1(=O)CCc2ccccc2CN1c1ccc(Cl)cc1. The van der Waals surface area contributed by atoms with E-state index in [-0.39, 0.29) is 5.75 Å². The summed E-state index contributed by atoms with van der Waals surface area (Å²) >= 11 is 5.87. The van der Waals surface area contributed by atoms with E-state index >= 15 is 0 Å². The van der Waals surface area contributed by atoms with Gasteiger partial charge in [-0.3, -0.25) is 4.31 Å². The average Bonchev–Trinajstić information content (AvgIpc) is 2.57. The molecule has 0 fully saturated rings. The van der Waals surface area contributed by atoms with E-state index < -0.39 is 10.0 Å². The minimum Gasteiger partial charge on any atom is -0.266 e. The van der Waals surface area contributed by atoms with Crippen LogP contribution in [0.15, 0.2) is 48.5 Å². The van der Waals surface area contributed by atoms with Crippen molar-refractivity contribution in [1.82, 2.24) is 0 Å². The van der Waals surface area contributed by atoms with Crippen molar-refractivity contribution in [3.8, 4) is 0 Å². The zero-order valence-corrected chi connectivity index (χ0v) is 12.4. The van der Waals surface area contributed by atoms with Crippen LogP contribution in [0.4, 0.5) is 5.69 Å². The zero-order chi connectivity index (χ0) is 14.2. The molecule has 0 radical (unpaired) electrons. The van der Waals surface area contributed by atoms with Crippen LogP contribution in [-0.2, 0) is 23.0 Å². The summed E-state index contributed by atoms with van der Waals surface area (Å²) < 4.78 is 26.4. The molecule has 0 bridgehead atoms. The lowest BCUT2D eigenvalue weighted by Gasteiger charge is -2.22. The quantitative estimate of drug-likeness (QED) is 0.811. The molecule has 0 saturated heterocycles. The minimum atomic E-state index is -3.30. The fraction of sp³-hybridized carbons (Fsp3) is 0.200. The highest BCUT2D eigenvalue weighted by Crippen LogP contribution is 2.27. The van der Waals surface area contributed by atoms with Gasteiger partial charge in [-0.2, -0.15) is 0 Å². The second kappa shape index (κ2) is 5.11. The molecule has 0 amide bonds. The largest absolute Gasteiger partial charge is 0.266 e. The Morgan fingerprint density at radius 1 is 0.950 bits per heavy atom. The van der Waals surface area contributed by atoms with Gasteiger partial charge in [-0.15, -0.1) is 0 Å². The molecule has 1 heterocycles. The molecule has 20 heavy (non-hydrogen) atoms. The number of aryl methyl sites for hydroxylation is 1. The molecule has 3 nitrogen and oxygen atoms in total. The first-order valence-electron chi connectivity index (χ1n) is 6.39. The van der Waals surface area contributed by atoms with Crippen LogP contribution in [0.3, 0.4) is 0 Å². The summed E-state index contributed by atoms with van der Waals surface area (Å²) in [5.41, 5.74) is 2.82. The van der Waals surface area contributed by atoms with Crippen molar-refractivity contribution >= 4 is 27.3 Å². The van der Waals surface area contributed by atoms with Gasteiger partial charge in [0.1, 0.15) is 0 Å². The monoisotopic (exact) mass is 307 g/mol. The maximum Gasteiger partial charge on any atom is 0.235 e. The Bertz CT molecular complexity index is 726. The van der Waals surface area contributed by atoms with E-state index in [2.05, 4.69) is 0 Å². The van der Waals surface area contributed by atoms with Crippen LogP contribution in [0.2, 0.25) is 5.02 Å². The maximum absolute atomic E-state index is 12.4. The molecule has 0 spiro atoms.